The van der Waals surface area contributed by atoms with Gasteiger partial charge in [0.1, 0.15) is 18.7 Å². The molecule has 2 rings (SSSR count). The number of carbonyl (C=O) groups excluding carboxylic acids is 1. The van der Waals surface area contributed by atoms with E-state index in [-0.39, 0.29) is 11.5 Å². The number of hydrogen-bond acceptors (Lipinski definition) is 4. The molecule has 0 spiro atoms. The molecule has 0 aliphatic rings. The quantitative estimate of drug-likeness (QED) is 0.894. The Kier molecular flexibility index (Phi) is 4.02. The molecule has 0 bridgehead atoms. The summed E-state index contributed by atoms with van der Waals surface area (Å²) < 4.78 is 1.43. The number of aromatic carboxylic acids is 1. The standard InChI is InChI=1S/C14H16N4O3/c1-8-4-11(5-12(9(8)2)14(20)21)17-13(19)10(3)18-7-15-6-16-18/h4-7,10H,1-3H3,(H,17,19)(H,20,21). The van der Waals surface area contributed by atoms with Gasteiger partial charge in [-0.1, -0.05) is 0 Å². The zero-order valence-corrected chi connectivity index (χ0v) is 12.0. The second kappa shape index (κ2) is 5.74. The van der Waals surface area contributed by atoms with E-state index in [0.29, 0.717) is 11.3 Å². The Hall–Kier alpha value is -2.70. The van der Waals surface area contributed by atoms with Crippen LogP contribution in [0.2, 0.25) is 0 Å². The van der Waals surface area contributed by atoms with Crippen LogP contribution in [0.3, 0.4) is 0 Å². The fourth-order valence-corrected chi connectivity index (χ4v) is 1.94. The number of anilines is 1. The highest BCUT2D eigenvalue weighted by molar-refractivity contribution is 5.96. The van der Waals surface area contributed by atoms with Crippen molar-refractivity contribution in [2.45, 2.75) is 26.8 Å². The number of carbonyl (C=O) groups is 2. The van der Waals surface area contributed by atoms with Crippen LogP contribution in [0.5, 0.6) is 0 Å². The molecule has 110 valence electrons. The lowest BCUT2D eigenvalue weighted by Crippen LogP contribution is -2.24. The summed E-state index contributed by atoms with van der Waals surface area (Å²) >= 11 is 0. The normalized spacial score (nSPS) is 12.0. The Morgan fingerprint density at radius 2 is 2.05 bits per heavy atom. The van der Waals surface area contributed by atoms with Gasteiger partial charge in [-0.05, 0) is 44.0 Å². The van der Waals surface area contributed by atoms with Crippen molar-refractivity contribution in [3.63, 3.8) is 0 Å². The van der Waals surface area contributed by atoms with Gasteiger partial charge in [0.15, 0.2) is 0 Å². The van der Waals surface area contributed by atoms with Gasteiger partial charge in [0.05, 0.1) is 5.56 Å². The highest BCUT2D eigenvalue weighted by atomic mass is 16.4. The van der Waals surface area contributed by atoms with E-state index in [2.05, 4.69) is 15.4 Å². The van der Waals surface area contributed by atoms with Crippen LogP contribution in [0, 0.1) is 13.8 Å². The predicted octanol–water partition coefficient (Wildman–Crippen LogP) is 1.79. The van der Waals surface area contributed by atoms with Crippen LogP contribution < -0.4 is 5.32 Å². The summed E-state index contributed by atoms with van der Waals surface area (Å²) in [5.74, 6) is -1.31. The number of hydrogen-bond donors (Lipinski definition) is 2. The van der Waals surface area contributed by atoms with Crippen molar-refractivity contribution in [3.05, 3.63) is 41.5 Å². The molecule has 7 nitrogen and oxygen atoms in total. The molecule has 0 fully saturated rings. The van der Waals surface area contributed by atoms with Crippen molar-refractivity contribution in [2.75, 3.05) is 5.32 Å². The SMILES string of the molecule is Cc1cc(NC(=O)C(C)n2cncn2)cc(C(=O)O)c1C. The number of amides is 1. The smallest absolute Gasteiger partial charge is 0.336 e. The number of benzene rings is 1. The van der Waals surface area contributed by atoms with Crippen LogP contribution in [-0.4, -0.2) is 31.7 Å². The molecule has 2 N–H and O–H groups in total. The molecular formula is C14H16N4O3. The molecule has 0 aliphatic heterocycles. The van der Waals surface area contributed by atoms with Crippen molar-refractivity contribution < 1.29 is 14.7 Å². The molecule has 0 saturated heterocycles. The Morgan fingerprint density at radius 3 is 2.62 bits per heavy atom. The molecule has 1 aromatic carbocycles. The third kappa shape index (κ3) is 3.07. The van der Waals surface area contributed by atoms with Crippen LogP contribution in [0.25, 0.3) is 0 Å². The molecule has 1 unspecified atom stereocenters. The Bertz CT molecular complexity index is 680. The first kappa shape index (κ1) is 14.7. The predicted molar refractivity (Wildman–Crippen MR) is 76.2 cm³/mol. The fourth-order valence-electron chi connectivity index (χ4n) is 1.94. The van der Waals surface area contributed by atoms with E-state index >= 15 is 0 Å². The highest BCUT2D eigenvalue weighted by Gasteiger charge is 2.17. The molecule has 21 heavy (non-hydrogen) atoms. The van der Waals surface area contributed by atoms with Crippen molar-refractivity contribution in [1.29, 1.82) is 0 Å². The number of carboxylic acid groups (broad SMARTS) is 1. The number of nitrogens with one attached hydrogen (secondary N) is 1. The van der Waals surface area contributed by atoms with E-state index in [1.807, 2.05) is 0 Å². The van der Waals surface area contributed by atoms with Crippen LogP contribution in [0.4, 0.5) is 5.69 Å². The fraction of sp³-hybridized carbons (Fsp3) is 0.286. The second-order valence-corrected chi connectivity index (χ2v) is 4.81. The largest absolute Gasteiger partial charge is 0.478 e. The summed E-state index contributed by atoms with van der Waals surface area (Å²) in [6, 6.07) is 2.66. The Morgan fingerprint density at radius 1 is 1.33 bits per heavy atom. The zero-order chi connectivity index (χ0) is 15.6. The lowest BCUT2D eigenvalue weighted by Gasteiger charge is -2.14. The lowest BCUT2D eigenvalue weighted by molar-refractivity contribution is -0.119. The van der Waals surface area contributed by atoms with Crippen LogP contribution >= 0.6 is 0 Å². The minimum Gasteiger partial charge on any atom is -0.478 e. The first-order chi connectivity index (χ1) is 9.90. The minimum absolute atomic E-state index is 0.179. The van der Waals surface area contributed by atoms with Gasteiger partial charge in [0.25, 0.3) is 0 Å². The molecule has 1 atom stereocenters. The van der Waals surface area contributed by atoms with Crippen molar-refractivity contribution in [2.24, 2.45) is 0 Å². The molecule has 0 aliphatic carbocycles. The number of rotatable bonds is 4. The van der Waals surface area contributed by atoms with Gasteiger partial charge in [-0.2, -0.15) is 5.10 Å². The van der Waals surface area contributed by atoms with Gasteiger partial charge >= 0.3 is 5.97 Å². The number of nitrogens with zero attached hydrogens (tertiary/aromatic N) is 3. The summed E-state index contributed by atoms with van der Waals surface area (Å²) in [6.45, 7) is 5.23. The van der Waals surface area contributed by atoms with Gasteiger partial charge < -0.3 is 10.4 Å². The van der Waals surface area contributed by atoms with Gasteiger partial charge in [0, 0.05) is 5.69 Å². The van der Waals surface area contributed by atoms with E-state index in [4.69, 9.17) is 0 Å². The van der Waals surface area contributed by atoms with Crippen LogP contribution in [0.15, 0.2) is 24.8 Å². The van der Waals surface area contributed by atoms with Crippen molar-refractivity contribution >= 4 is 17.6 Å². The third-order valence-electron chi connectivity index (χ3n) is 3.38. The summed E-state index contributed by atoms with van der Waals surface area (Å²) in [5.41, 5.74) is 2.12. The zero-order valence-electron chi connectivity index (χ0n) is 12.0. The van der Waals surface area contributed by atoms with E-state index in [9.17, 15) is 14.7 Å². The molecule has 2 aromatic rings. The maximum absolute atomic E-state index is 12.1. The van der Waals surface area contributed by atoms with Crippen LogP contribution in [0.1, 0.15) is 34.5 Å². The summed E-state index contributed by atoms with van der Waals surface area (Å²) in [5, 5.41) is 15.8. The van der Waals surface area contributed by atoms with E-state index in [1.165, 1.54) is 23.4 Å². The first-order valence-electron chi connectivity index (χ1n) is 6.39. The lowest BCUT2D eigenvalue weighted by atomic mass is 10.0. The Balaban J connectivity index is 2.24. The van der Waals surface area contributed by atoms with E-state index in [1.54, 1.807) is 26.8 Å². The molecule has 0 radical (unpaired) electrons. The van der Waals surface area contributed by atoms with Gasteiger partial charge in [-0.3, -0.25) is 4.79 Å². The van der Waals surface area contributed by atoms with Gasteiger partial charge in [-0.15, -0.1) is 0 Å². The van der Waals surface area contributed by atoms with Crippen molar-refractivity contribution in [3.8, 4) is 0 Å². The van der Waals surface area contributed by atoms with Crippen LogP contribution in [-0.2, 0) is 4.79 Å². The molecule has 1 amide bonds. The van der Waals surface area contributed by atoms with Crippen molar-refractivity contribution in [1.82, 2.24) is 14.8 Å². The molecule has 1 heterocycles. The number of aromatic nitrogens is 3. The molecule has 0 saturated carbocycles. The second-order valence-electron chi connectivity index (χ2n) is 4.81. The molecule has 7 heteroatoms. The third-order valence-corrected chi connectivity index (χ3v) is 3.38. The summed E-state index contributed by atoms with van der Waals surface area (Å²) in [7, 11) is 0. The molecular weight excluding hydrogens is 272 g/mol. The first-order valence-corrected chi connectivity index (χ1v) is 6.39. The summed E-state index contributed by atoms with van der Waals surface area (Å²) in [4.78, 5) is 27.1. The average Bonchev–Trinajstić information content (AvgIpc) is 2.95. The van der Waals surface area contributed by atoms with E-state index < -0.39 is 12.0 Å². The number of carboxylic acids is 1. The van der Waals surface area contributed by atoms with E-state index in [0.717, 1.165) is 5.56 Å². The summed E-state index contributed by atoms with van der Waals surface area (Å²) in [6.07, 6.45) is 2.80. The Labute approximate surface area is 121 Å². The topological polar surface area (TPSA) is 97.1 Å². The van der Waals surface area contributed by atoms with Gasteiger partial charge in [-0.25, -0.2) is 14.5 Å². The maximum atomic E-state index is 12.1. The molecule has 1 aromatic heterocycles. The number of aryl methyl sites for hydroxylation is 1. The highest BCUT2D eigenvalue weighted by Crippen LogP contribution is 2.21. The maximum Gasteiger partial charge on any atom is 0.336 e. The minimum atomic E-state index is -1.02. The monoisotopic (exact) mass is 288 g/mol. The van der Waals surface area contributed by atoms with Gasteiger partial charge in [0.2, 0.25) is 5.91 Å². The average molecular weight is 288 g/mol.